The van der Waals surface area contributed by atoms with Crippen LogP contribution in [0.15, 0.2) is 36.7 Å². The van der Waals surface area contributed by atoms with Crippen molar-refractivity contribution in [3.8, 4) is 0 Å². The van der Waals surface area contributed by atoms with Crippen molar-refractivity contribution in [2.24, 2.45) is 11.8 Å². The van der Waals surface area contributed by atoms with Crippen molar-refractivity contribution < 1.29 is 0 Å². The van der Waals surface area contributed by atoms with E-state index in [0.717, 1.165) is 18.4 Å². The smallest absolute Gasteiger partial charge is 0.0346 e. The van der Waals surface area contributed by atoms with E-state index in [0.29, 0.717) is 6.04 Å². The number of aromatic nitrogens is 1. The van der Waals surface area contributed by atoms with E-state index >= 15 is 0 Å². The summed E-state index contributed by atoms with van der Waals surface area (Å²) >= 11 is 0. The van der Waals surface area contributed by atoms with E-state index in [-0.39, 0.29) is 0 Å². The third-order valence-corrected chi connectivity index (χ3v) is 4.74. The number of benzene rings is 1. The van der Waals surface area contributed by atoms with Gasteiger partial charge in [-0.3, -0.25) is 4.98 Å². The predicted octanol–water partition coefficient (Wildman–Crippen LogP) is 3.76. The van der Waals surface area contributed by atoms with Crippen molar-refractivity contribution in [1.82, 2.24) is 10.3 Å². The molecule has 1 N–H and O–H groups in total. The zero-order chi connectivity index (χ0) is 13.2. The van der Waals surface area contributed by atoms with E-state index in [9.17, 15) is 0 Å². The summed E-state index contributed by atoms with van der Waals surface area (Å²) in [6.07, 6.45) is 6.47. The number of fused-ring (bicyclic) bond motifs is 1. The van der Waals surface area contributed by atoms with Gasteiger partial charge in [-0.25, -0.2) is 0 Å². The minimum absolute atomic E-state index is 0.683. The monoisotopic (exact) mass is 254 g/mol. The van der Waals surface area contributed by atoms with Crippen LogP contribution in [0.3, 0.4) is 0 Å². The molecule has 0 saturated heterocycles. The Kier molecular flexibility index (Phi) is 3.52. The Hall–Kier alpha value is -1.41. The highest BCUT2D eigenvalue weighted by molar-refractivity contribution is 5.81. The highest BCUT2D eigenvalue weighted by atomic mass is 14.9. The molecule has 1 saturated carbocycles. The second-order valence-corrected chi connectivity index (χ2v) is 5.96. The van der Waals surface area contributed by atoms with Crippen LogP contribution in [0.2, 0.25) is 0 Å². The minimum atomic E-state index is 0.683. The first-order valence-corrected chi connectivity index (χ1v) is 7.30. The Labute approximate surface area is 115 Å². The third-order valence-electron chi connectivity index (χ3n) is 4.74. The molecule has 1 aromatic heterocycles. The normalized spacial score (nSPS) is 26.9. The van der Waals surface area contributed by atoms with E-state index in [4.69, 9.17) is 0 Å². The molecule has 3 rings (SSSR count). The Morgan fingerprint density at radius 3 is 2.84 bits per heavy atom. The van der Waals surface area contributed by atoms with Gasteiger partial charge in [-0.15, -0.1) is 0 Å². The molecule has 2 nitrogen and oxygen atoms in total. The lowest BCUT2D eigenvalue weighted by Crippen LogP contribution is -2.31. The molecule has 2 aromatic rings. The molecule has 0 spiro atoms. The first-order chi connectivity index (χ1) is 9.24. The van der Waals surface area contributed by atoms with Gasteiger partial charge in [-0.1, -0.05) is 26.0 Å². The van der Waals surface area contributed by atoms with E-state index < -0.39 is 0 Å². The maximum absolute atomic E-state index is 4.15. The van der Waals surface area contributed by atoms with Gasteiger partial charge in [0.15, 0.2) is 0 Å². The summed E-state index contributed by atoms with van der Waals surface area (Å²) in [5.41, 5.74) is 1.37. The van der Waals surface area contributed by atoms with E-state index in [1.54, 1.807) is 0 Å². The number of hydrogen-bond acceptors (Lipinski definition) is 2. The Morgan fingerprint density at radius 1 is 1.16 bits per heavy atom. The number of nitrogens with one attached hydrogen (secondary N) is 1. The van der Waals surface area contributed by atoms with Crippen LogP contribution in [0.25, 0.3) is 10.8 Å². The lowest BCUT2D eigenvalue weighted by Gasteiger charge is -2.19. The largest absolute Gasteiger partial charge is 0.310 e. The highest BCUT2D eigenvalue weighted by Gasteiger charge is 2.28. The fourth-order valence-corrected chi connectivity index (χ4v) is 3.14. The van der Waals surface area contributed by atoms with Gasteiger partial charge in [0.05, 0.1) is 0 Å². The minimum Gasteiger partial charge on any atom is -0.310 e. The first kappa shape index (κ1) is 12.6. The highest BCUT2D eigenvalue weighted by Crippen LogP contribution is 2.31. The molecule has 0 radical (unpaired) electrons. The number of rotatable bonds is 3. The van der Waals surface area contributed by atoms with Crippen molar-refractivity contribution in [2.45, 2.75) is 39.3 Å². The molecule has 1 heterocycles. The summed E-state index contributed by atoms with van der Waals surface area (Å²) in [5, 5.41) is 6.22. The van der Waals surface area contributed by atoms with Gasteiger partial charge in [0.2, 0.25) is 0 Å². The van der Waals surface area contributed by atoms with Crippen LogP contribution in [-0.4, -0.2) is 11.0 Å². The van der Waals surface area contributed by atoms with E-state index in [1.807, 2.05) is 12.4 Å². The molecule has 0 amide bonds. The SMILES string of the molecule is CC1CCC(NCc2ccc3cnccc3c2)C1C. The summed E-state index contributed by atoms with van der Waals surface area (Å²) < 4.78 is 0. The standard InChI is InChI=1S/C17H22N2/c1-12-3-6-17(13(12)2)19-10-14-4-5-16-11-18-8-7-15(16)9-14/h4-5,7-9,11-13,17,19H,3,6,10H2,1-2H3. The maximum Gasteiger partial charge on any atom is 0.0346 e. The number of nitrogens with zero attached hydrogens (tertiary/aromatic N) is 1. The summed E-state index contributed by atoms with van der Waals surface area (Å²) in [4.78, 5) is 4.15. The summed E-state index contributed by atoms with van der Waals surface area (Å²) in [5.74, 6) is 1.66. The molecule has 100 valence electrons. The number of pyridine rings is 1. The molecule has 0 bridgehead atoms. The van der Waals surface area contributed by atoms with Crippen LogP contribution >= 0.6 is 0 Å². The molecule has 1 aromatic carbocycles. The zero-order valence-corrected chi connectivity index (χ0v) is 11.8. The second kappa shape index (κ2) is 5.30. The van der Waals surface area contributed by atoms with Crippen LogP contribution in [0.5, 0.6) is 0 Å². The molecule has 1 aliphatic rings. The van der Waals surface area contributed by atoms with Gasteiger partial charge < -0.3 is 5.32 Å². The first-order valence-electron chi connectivity index (χ1n) is 7.30. The Morgan fingerprint density at radius 2 is 2.05 bits per heavy atom. The van der Waals surface area contributed by atoms with E-state index in [1.165, 1.54) is 29.2 Å². The zero-order valence-electron chi connectivity index (χ0n) is 11.8. The van der Waals surface area contributed by atoms with Crippen molar-refractivity contribution >= 4 is 10.8 Å². The molecular weight excluding hydrogens is 232 g/mol. The van der Waals surface area contributed by atoms with Gasteiger partial charge in [0.25, 0.3) is 0 Å². The van der Waals surface area contributed by atoms with Crippen LogP contribution in [0, 0.1) is 11.8 Å². The Bertz CT molecular complexity index is 564. The summed E-state index contributed by atoms with van der Waals surface area (Å²) in [6.45, 7) is 5.72. The fraction of sp³-hybridized carbons (Fsp3) is 0.471. The average molecular weight is 254 g/mol. The van der Waals surface area contributed by atoms with Crippen molar-refractivity contribution in [3.05, 3.63) is 42.2 Å². The van der Waals surface area contributed by atoms with Crippen LogP contribution < -0.4 is 5.32 Å². The maximum atomic E-state index is 4.15. The van der Waals surface area contributed by atoms with Crippen LogP contribution in [0.4, 0.5) is 0 Å². The molecule has 2 heteroatoms. The van der Waals surface area contributed by atoms with Crippen molar-refractivity contribution in [2.75, 3.05) is 0 Å². The van der Waals surface area contributed by atoms with Crippen molar-refractivity contribution in [3.63, 3.8) is 0 Å². The van der Waals surface area contributed by atoms with Gasteiger partial charge in [-0.2, -0.15) is 0 Å². The predicted molar refractivity (Wildman–Crippen MR) is 79.9 cm³/mol. The fourth-order valence-electron chi connectivity index (χ4n) is 3.14. The molecule has 1 aliphatic carbocycles. The molecule has 3 unspecified atom stereocenters. The molecule has 0 aliphatic heterocycles. The van der Waals surface area contributed by atoms with Crippen molar-refractivity contribution in [1.29, 1.82) is 0 Å². The van der Waals surface area contributed by atoms with Gasteiger partial charge >= 0.3 is 0 Å². The molecule has 19 heavy (non-hydrogen) atoms. The molecule has 3 atom stereocenters. The number of hydrogen-bond donors (Lipinski definition) is 1. The molecular formula is C17H22N2. The quantitative estimate of drug-likeness (QED) is 0.902. The topological polar surface area (TPSA) is 24.9 Å². The summed E-state index contributed by atoms with van der Waals surface area (Å²) in [7, 11) is 0. The van der Waals surface area contributed by atoms with Gasteiger partial charge in [0, 0.05) is 30.4 Å². The van der Waals surface area contributed by atoms with Gasteiger partial charge in [0.1, 0.15) is 0 Å². The Balaban J connectivity index is 1.68. The summed E-state index contributed by atoms with van der Waals surface area (Å²) in [6, 6.07) is 9.41. The third kappa shape index (κ3) is 2.64. The average Bonchev–Trinajstić information content (AvgIpc) is 2.76. The lowest BCUT2D eigenvalue weighted by atomic mass is 9.97. The molecule has 1 fully saturated rings. The van der Waals surface area contributed by atoms with Crippen LogP contribution in [0.1, 0.15) is 32.3 Å². The lowest BCUT2D eigenvalue weighted by molar-refractivity contribution is 0.370. The second-order valence-electron chi connectivity index (χ2n) is 5.96. The van der Waals surface area contributed by atoms with E-state index in [2.05, 4.69) is 48.4 Å². The van der Waals surface area contributed by atoms with Crippen LogP contribution in [-0.2, 0) is 6.54 Å². The van der Waals surface area contributed by atoms with Gasteiger partial charge in [-0.05, 0) is 47.8 Å².